The first kappa shape index (κ1) is 13.9. The number of aromatic hydroxyl groups is 1. The first-order valence-corrected chi connectivity index (χ1v) is 7.41. The molecule has 0 aliphatic heterocycles. The summed E-state index contributed by atoms with van der Waals surface area (Å²) in [7, 11) is 0. The van der Waals surface area contributed by atoms with Gasteiger partial charge in [-0.25, -0.2) is 0 Å². The third-order valence-corrected chi connectivity index (χ3v) is 4.50. The maximum absolute atomic E-state index is 10.4. The van der Waals surface area contributed by atoms with Gasteiger partial charge >= 0.3 is 0 Å². The standard InChI is InChI=1S/C15H21BrO2/c1-15(2,9-17)13-11-7-5-3-4-6-10(11)8-12(16)14(13)18/h8,17-18H,3-7,9H2,1-2H3. The molecule has 0 aromatic heterocycles. The summed E-state index contributed by atoms with van der Waals surface area (Å²) in [5, 5.41) is 20.0. The minimum Gasteiger partial charge on any atom is -0.506 e. The summed E-state index contributed by atoms with van der Waals surface area (Å²) in [5.74, 6) is 0.301. The van der Waals surface area contributed by atoms with Crippen LogP contribution in [0.5, 0.6) is 5.75 Å². The van der Waals surface area contributed by atoms with Gasteiger partial charge in [0, 0.05) is 11.0 Å². The van der Waals surface area contributed by atoms with Crippen molar-refractivity contribution in [1.29, 1.82) is 0 Å². The Kier molecular flexibility index (Phi) is 4.02. The SMILES string of the molecule is CC(C)(CO)c1c(O)c(Br)cc2c1CCCCC2. The molecule has 18 heavy (non-hydrogen) atoms. The molecule has 2 N–H and O–H groups in total. The minimum absolute atomic E-state index is 0.0451. The fourth-order valence-electron chi connectivity index (χ4n) is 2.84. The van der Waals surface area contributed by atoms with Crippen molar-refractivity contribution in [2.45, 2.75) is 51.4 Å². The zero-order chi connectivity index (χ0) is 13.3. The van der Waals surface area contributed by atoms with E-state index in [1.807, 2.05) is 19.9 Å². The van der Waals surface area contributed by atoms with Crippen molar-refractivity contribution < 1.29 is 10.2 Å². The second kappa shape index (κ2) is 5.22. The highest BCUT2D eigenvalue weighted by Gasteiger charge is 2.29. The lowest BCUT2D eigenvalue weighted by Crippen LogP contribution is -2.25. The van der Waals surface area contributed by atoms with Crippen LogP contribution in [0.4, 0.5) is 0 Å². The normalized spacial score (nSPS) is 16.2. The molecule has 0 heterocycles. The number of rotatable bonds is 2. The number of phenols is 1. The Morgan fingerprint density at radius 1 is 1.22 bits per heavy atom. The van der Waals surface area contributed by atoms with Crippen LogP contribution in [0.25, 0.3) is 0 Å². The Balaban J connectivity index is 2.65. The molecule has 0 fully saturated rings. The molecule has 0 unspecified atom stereocenters. The zero-order valence-electron chi connectivity index (χ0n) is 11.1. The lowest BCUT2D eigenvalue weighted by atomic mass is 9.79. The molecule has 3 heteroatoms. The summed E-state index contributed by atoms with van der Waals surface area (Å²) >= 11 is 3.44. The van der Waals surface area contributed by atoms with Crippen molar-refractivity contribution in [3.8, 4) is 5.75 Å². The summed E-state index contributed by atoms with van der Waals surface area (Å²) < 4.78 is 0.750. The molecule has 2 rings (SSSR count). The second-order valence-electron chi connectivity index (χ2n) is 5.82. The van der Waals surface area contributed by atoms with Crippen molar-refractivity contribution >= 4 is 15.9 Å². The molecule has 100 valence electrons. The van der Waals surface area contributed by atoms with Gasteiger partial charge in [-0.1, -0.05) is 20.3 Å². The van der Waals surface area contributed by atoms with E-state index in [1.165, 1.54) is 30.4 Å². The van der Waals surface area contributed by atoms with E-state index in [9.17, 15) is 10.2 Å². The van der Waals surface area contributed by atoms with Crippen LogP contribution >= 0.6 is 15.9 Å². The number of aliphatic hydroxyl groups is 1. The molecule has 1 aliphatic rings. The van der Waals surface area contributed by atoms with Crippen molar-refractivity contribution in [3.63, 3.8) is 0 Å². The second-order valence-corrected chi connectivity index (χ2v) is 6.68. The lowest BCUT2D eigenvalue weighted by molar-refractivity contribution is 0.214. The van der Waals surface area contributed by atoms with Crippen LogP contribution in [0.15, 0.2) is 10.5 Å². The summed E-state index contributed by atoms with van der Waals surface area (Å²) in [6.45, 7) is 4.02. The fraction of sp³-hybridized carbons (Fsp3) is 0.600. The minimum atomic E-state index is -0.401. The zero-order valence-corrected chi connectivity index (χ0v) is 12.7. The van der Waals surface area contributed by atoms with Gasteiger partial charge < -0.3 is 10.2 Å². The Bertz CT molecular complexity index is 452. The van der Waals surface area contributed by atoms with Crippen molar-refractivity contribution in [2.75, 3.05) is 6.61 Å². The average molecular weight is 313 g/mol. The van der Waals surface area contributed by atoms with Crippen LogP contribution in [0, 0.1) is 0 Å². The topological polar surface area (TPSA) is 40.5 Å². The van der Waals surface area contributed by atoms with E-state index in [0.717, 1.165) is 22.9 Å². The predicted molar refractivity (Wildman–Crippen MR) is 77.2 cm³/mol. The lowest BCUT2D eigenvalue weighted by Gasteiger charge is -2.28. The highest BCUT2D eigenvalue weighted by molar-refractivity contribution is 9.10. The molecule has 1 aromatic rings. The summed E-state index contributed by atoms with van der Waals surface area (Å²) in [5.41, 5.74) is 3.11. The van der Waals surface area contributed by atoms with Gasteiger partial charge in [0.25, 0.3) is 0 Å². The molecule has 0 bridgehead atoms. The molecular weight excluding hydrogens is 292 g/mol. The third kappa shape index (κ3) is 2.43. The number of aliphatic hydroxyl groups excluding tert-OH is 1. The number of fused-ring (bicyclic) bond motifs is 1. The fourth-order valence-corrected chi connectivity index (χ4v) is 3.32. The largest absolute Gasteiger partial charge is 0.506 e. The predicted octanol–water partition coefficient (Wildman–Crippen LogP) is 3.69. The Hall–Kier alpha value is -0.540. The molecule has 0 saturated carbocycles. The monoisotopic (exact) mass is 312 g/mol. The number of halogens is 1. The van der Waals surface area contributed by atoms with Crippen molar-refractivity contribution in [3.05, 3.63) is 27.2 Å². The summed E-state index contributed by atoms with van der Waals surface area (Å²) in [6.07, 6.45) is 5.70. The summed E-state index contributed by atoms with van der Waals surface area (Å²) in [4.78, 5) is 0. The molecule has 0 saturated heterocycles. The third-order valence-electron chi connectivity index (χ3n) is 3.90. The van der Waals surface area contributed by atoms with E-state index in [0.29, 0.717) is 5.75 Å². The highest BCUT2D eigenvalue weighted by Crippen LogP contribution is 2.42. The van der Waals surface area contributed by atoms with E-state index in [2.05, 4.69) is 15.9 Å². The van der Waals surface area contributed by atoms with Crippen LogP contribution in [0.1, 0.15) is 49.8 Å². The van der Waals surface area contributed by atoms with Crippen LogP contribution in [-0.2, 0) is 18.3 Å². The van der Waals surface area contributed by atoms with Crippen LogP contribution in [0.3, 0.4) is 0 Å². The first-order valence-electron chi connectivity index (χ1n) is 6.62. The number of hydrogen-bond donors (Lipinski definition) is 2. The van der Waals surface area contributed by atoms with Crippen molar-refractivity contribution in [2.24, 2.45) is 0 Å². The molecule has 1 aromatic carbocycles. The maximum Gasteiger partial charge on any atom is 0.133 e. The van der Waals surface area contributed by atoms with E-state index in [4.69, 9.17) is 0 Å². The molecular formula is C15H21BrO2. The number of phenolic OH excluding ortho intramolecular Hbond substituents is 1. The molecule has 1 aliphatic carbocycles. The molecule has 0 amide bonds. The molecule has 0 spiro atoms. The van der Waals surface area contributed by atoms with Gasteiger partial charge in [0.1, 0.15) is 5.75 Å². The van der Waals surface area contributed by atoms with Gasteiger partial charge in [-0.05, 0) is 58.8 Å². The van der Waals surface area contributed by atoms with Gasteiger partial charge in [0.2, 0.25) is 0 Å². The Morgan fingerprint density at radius 3 is 2.56 bits per heavy atom. The molecule has 0 radical (unpaired) electrons. The number of hydrogen-bond acceptors (Lipinski definition) is 2. The van der Waals surface area contributed by atoms with Crippen LogP contribution in [-0.4, -0.2) is 16.8 Å². The van der Waals surface area contributed by atoms with Crippen LogP contribution < -0.4 is 0 Å². The van der Waals surface area contributed by atoms with E-state index in [1.54, 1.807) is 0 Å². The smallest absolute Gasteiger partial charge is 0.133 e. The van der Waals surface area contributed by atoms with Gasteiger partial charge in [-0.3, -0.25) is 0 Å². The first-order chi connectivity index (χ1) is 8.47. The Labute approximate surface area is 117 Å². The van der Waals surface area contributed by atoms with Gasteiger partial charge in [-0.2, -0.15) is 0 Å². The molecule has 2 nitrogen and oxygen atoms in total. The average Bonchev–Trinajstić information content (AvgIpc) is 2.55. The molecule has 0 atom stereocenters. The van der Waals surface area contributed by atoms with E-state index in [-0.39, 0.29) is 6.61 Å². The maximum atomic E-state index is 10.4. The number of aryl methyl sites for hydroxylation is 1. The van der Waals surface area contributed by atoms with Gasteiger partial charge in [0.15, 0.2) is 0 Å². The quantitative estimate of drug-likeness (QED) is 0.818. The highest BCUT2D eigenvalue weighted by atomic mass is 79.9. The Morgan fingerprint density at radius 2 is 1.89 bits per heavy atom. The number of benzene rings is 1. The van der Waals surface area contributed by atoms with E-state index < -0.39 is 5.41 Å². The van der Waals surface area contributed by atoms with E-state index >= 15 is 0 Å². The van der Waals surface area contributed by atoms with Gasteiger partial charge in [0.05, 0.1) is 11.1 Å². The van der Waals surface area contributed by atoms with Gasteiger partial charge in [-0.15, -0.1) is 0 Å². The summed E-state index contributed by atoms with van der Waals surface area (Å²) in [6, 6.07) is 2.05. The van der Waals surface area contributed by atoms with Crippen LogP contribution in [0.2, 0.25) is 0 Å². The van der Waals surface area contributed by atoms with Crippen molar-refractivity contribution in [1.82, 2.24) is 0 Å².